The average molecular weight is 522 g/mol. The van der Waals surface area contributed by atoms with Gasteiger partial charge in [-0.1, -0.05) is 57.3 Å². The maximum atomic E-state index is 13.6. The van der Waals surface area contributed by atoms with Crippen molar-refractivity contribution in [1.29, 1.82) is 0 Å². The summed E-state index contributed by atoms with van der Waals surface area (Å²) in [5, 5.41) is 0.166. The third-order valence-corrected chi connectivity index (χ3v) is 7.75. The number of nitrogens with zero attached hydrogens (tertiary/aromatic N) is 3. The van der Waals surface area contributed by atoms with Crippen molar-refractivity contribution in [2.24, 2.45) is 0 Å². The summed E-state index contributed by atoms with van der Waals surface area (Å²) in [6.45, 7) is 0.252. The lowest BCUT2D eigenvalue weighted by Crippen LogP contribution is -2.42. The molecule has 0 radical (unpaired) electrons. The summed E-state index contributed by atoms with van der Waals surface area (Å²) >= 11 is 3.32. The van der Waals surface area contributed by atoms with Crippen molar-refractivity contribution in [2.45, 2.75) is 16.3 Å². The molecular weight excluding hydrogens is 504 g/mol. The van der Waals surface area contributed by atoms with Crippen LogP contribution in [0.3, 0.4) is 0 Å². The van der Waals surface area contributed by atoms with Crippen LogP contribution in [0.2, 0.25) is 0 Å². The zero-order chi connectivity index (χ0) is 23.2. The lowest BCUT2D eigenvalue weighted by atomic mass is 10.2. The summed E-state index contributed by atoms with van der Waals surface area (Å²) in [5.41, 5.74) is 7.76. The molecule has 0 saturated heterocycles. The number of pyridine rings is 2. The van der Waals surface area contributed by atoms with Crippen molar-refractivity contribution >= 4 is 48.3 Å². The Balaban J connectivity index is 1.86. The Morgan fingerprint density at radius 1 is 0.970 bits per heavy atom. The van der Waals surface area contributed by atoms with Gasteiger partial charge in [-0.3, -0.25) is 9.20 Å². The first-order valence-corrected chi connectivity index (χ1v) is 12.3. The number of benzene rings is 2. The number of halogens is 1. The molecule has 2 aromatic carbocycles. The lowest BCUT2D eigenvalue weighted by Gasteiger charge is -2.13. The van der Waals surface area contributed by atoms with Crippen LogP contribution in [0.4, 0.5) is 5.82 Å². The zero-order valence-electron chi connectivity index (χ0n) is 17.2. The van der Waals surface area contributed by atoms with Crippen molar-refractivity contribution in [3.8, 4) is 0 Å². The van der Waals surface area contributed by atoms with Gasteiger partial charge in [-0.15, -0.1) is 0 Å². The lowest BCUT2D eigenvalue weighted by molar-refractivity contribution is -0.651. The molecule has 0 atom stereocenters. The van der Waals surface area contributed by atoms with Gasteiger partial charge in [0.05, 0.1) is 11.4 Å². The minimum Gasteiger partial charge on any atom is -0.317 e. The number of sulfone groups is 1. The summed E-state index contributed by atoms with van der Waals surface area (Å²) in [6.07, 6.45) is 1.60. The van der Waals surface area contributed by atoms with Crippen LogP contribution in [-0.4, -0.2) is 17.8 Å². The minimum absolute atomic E-state index is 0.0152. The Labute approximate surface area is 197 Å². The van der Waals surface area contributed by atoms with Crippen LogP contribution in [0.5, 0.6) is 0 Å². The third kappa shape index (κ3) is 3.69. The number of nitrogen functional groups attached to an aromatic ring is 1. The summed E-state index contributed by atoms with van der Waals surface area (Å²) in [6, 6.07) is 22.3. The highest BCUT2D eigenvalue weighted by molar-refractivity contribution is 9.10. The van der Waals surface area contributed by atoms with Crippen molar-refractivity contribution in [3.63, 3.8) is 0 Å². The predicted molar refractivity (Wildman–Crippen MR) is 129 cm³/mol. The molecule has 3 aromatic heterocycles. The largest absolute Gasteiger partial charge is 0.317 e. The minimum atomic E-state index is -4.01. The molecule has 0 spiro atoms. The number of aromatic nitrogens is 3. The Kier molecular flexibility index (Phi) is 5.22. The molecule has 5 aromatic rings. The van der Waals surface area contributed by atoms with Gasteiger partial charge in [0.2, 0.25) is 21.3 Å². The molecule has 2 N–H and O–H groups in total. The van der Waals surface area contributed by atoms with E-state index in [0.29, 0.717) is 11.3 Å². The van der Waals surface area contributed by atoms with Gasteiger partial charge in [0.15, 0.2) is 0 Å². The molecule has 0 amide bonds. The van der Waals surface area contributed by atoms with E-state index in [2.05, 4.69) is 20.9 Å². The second-order valence-corrected chi connectivity index (χ2v) is 10.3. The van der Waals surface area contributed by atoms with Gasteiger partial charge in [-0.05, 0) is 48.0 Å². The maximum absolute atomic E-state index is 13.6. The van der Waals surface area contributed by atoms with Crippen molar-refractivity contribution in [2.75, 3.05) is 5.73 Å². The topological polar surface area (TPSA) is 98.4 Å². The predicted octanol–water partition coefficient (Wildman–Crippen LogP) is 3.36. The average Bonchev–Trinajstić information content (AvgIpc) is 2.82. The smallest absolute Gasteiger partial charge is 0.278 e. The third-order valence-electron chi connectivity index (χ3n) is 5.42. The Bertz CT molecular complexity index is 1680. The van der Waals surface area contributed by atoms with Crippen molar-refractivity contribution in [3.05, 3.63) is 105 Å². The zero-order valence-corrected chi connectivity index (χ0v) is 19.6. The fraction of sp³-hybridized carbons (Fsp3) is 0.0417. The molecule has 0 saturated carbocycles. The van der Waals surface area contributed by atoms with Gasteiger partial charge in [0.25, 0.3) is 11.2 Å². The van der Waals surface area contributed by atoms with E-state index >= 15 is 0 Å². The van der Waals surface area contributed by atoms with Gasteiger partial charge < -0.3 is 5.73 Å². The second-order valence-electron chi connectivity index (χ2n) is 7.51. The van der Waals surface area contributed by atoms with Crippen LogP contribution in [0, 0.1) is 0 Å². The Hall–Kier alpha value is -3.56. The summed E-state index contributed by atoms with van der Waals surface area (Å²) in [7, 11) is -4.01. The van der Waals surface area contributed by atoms with Crippen LogP contribution in [0.15, 0.2) is 104 Å². The first-order chi connectivity index (χ1) is 15.9. The van der Waals surface area contributed by atoms with Crippen LogP contribution >= 0.6 is 15.9 Å². The number of hydrogen-bond donors (Lipinski definition) is 1. The molecule has 0 aliphatic carbocycles. The molecule has 0 aliphatic rings. The van der Waals surface area contributed by atoms with E-state index < -0.39 is 9.84 Å². The van der Waals surface area contributed by atoms with Gasteiger partial charge in [-0.25, -0.2) is 13.0 Å². The number of nitrogens with two attached hydrogens (primary N) is 1. The fourth-order valence-electron chi connectivity index (χ4n) is 3.76. The van der Waals surface area contributed by atoms with E-state index in [-0.39, 0.29) is 33.1 Å². The van der Waals surface area contributed by atoms with Crippen LogP contribution < -0.4 is 15.9 Å². The number of anilines is 1. The first kappa shape index (κ1) is 21.3. The Morgan fingerprint density at radius 2 is 1.67 bits per heavy atom. The van der Waals surface area contributed by atoms with E-state index in [1.54, 1.807) is 41.1 Å². The van der Waals surface area contributed by atoms with Gasteiger partial charge in [-0.2, -0.15) is 0 Å². The molecule has 7 nitrogen and oxygen atoms in total. The highest BCUT2D eigenvalue weighted by Gasteiger charge is 2.29. The number of fused-ring (bicyclic) bond motifs is 2. The molecule has 0 bridgehead atoms. The van der Waals surface area contributed by atoms with Gasteiger partial charge >= 0.3 is 0 Å². The van der Waals surface area contributed by atoms with E-state index in [0.717, 1.165) is 10.0 Å². The second kappa shape index (κ2) is 8.09. The fourth-order valence-corrected chi connectivity index (χ4v) is 5.43. The van der Waals surface area contributed by atoms with Crippen LogP contribution in [0.1, 0.15) is 5.56 Å². The molecule has 0 aliphatic heterocycles. The van der Waals surface area contributed by atoms with E-state index in [1.165, 1.54) is 22.6 Å². The molecule has 0 fully saturated rings. The van der Waals surface area contributed by atoms with Crippen LogP contribution in [-0.2, 0) is 16.4 Å². The van der Waals surface area contributed by atoms with Gasteiger partial charge in [0.1, 0.15) is 10.3 Å². The molecule has 33 heavy (non-hydrogen) atoms. The molecule has 5 rings (SSSR count). The highest BCUT2D eigenvalue weighted by atomic mass is 79.9. The summed E-state index contributed by atoms with van der Waals surface area (Å²) in [4.78, 5) is 17.9. The van der Waals surface area contributed by atoms with E-state index in [4.69, 9.17) is 5.73 Å². The first-order valence-electron chi connectivity index (χ1n) is 10.0. The monoisotopic (exact) mass is 521 g/mol. The Morgan fingerprint density at radius 3 is 2.39 bits per heavy atom. The molecule has 164 valence electrons. The highest BCUT2D eigenvalue weighted by Crippen LogP contribution is 2.27. The normalized spacial score (nSPS) is 11.8. The molecule has 9 heteroatoms. The SMILES string of the molecule is Nc1c(S(=O)(=O)c2ccc(Br)cc2)cc2c(=O)n3ccccc3nc2[n+]1Cc1ccccc1. The van der Waals surface area contributed by atoms with Crippen LogP contribution in [0.25, 0.3) is 16.7 Å². The molecule has 3 heterocycles. The number of rotatable bonds is 4. The quantitative estimate of drug-likeness (QED) is 0.288. The molecule has 0 unspecified atom stereocenters. The summed E-state index contributed by atoms with van der Waals surface area (Å²) in [5.74, 6) is 0.0152. The maximum Gasteiger partial charge on any atom is 0.278 e. The van der Waals surface area contributed by atoms with Crippen molar-refractivity contribution in [1.82, 2.24) is 9.38 Å². The van der Waals surface area contributed by atoms with Gasteiger partial charge in [0, 0.05) is 10.7 Å². The van der Waals surface area contributed by atoms with E-state index in [1.807, 2.05) is 30.3 Å². The standard InChI is InChI=1S/C24H17BrN4O3S/c25-17-9-11-18(12-10-17)33(31,32)20-14-19-23(27-21-8-4-5-13-28(21)24(19)30)29(22(20)26)15-16-6-2-1-3-7-16/h1-14,26H,15H2/p+1. The summed E-state index contributed by atoms with van der Waals surface area (Å²) < 4.78 is 30.8. The van der Waals surface area contributed by atoms with E-state index in [9.17, 15) is 13.2 Å². The molecular formula is C24H18BrN4O3S+. The van der Waals surface area contributed by atoms with Crippen molar-refractivity contribution < 1.29 is 13.0 Å². The number of hydrogen-bond acceptors (Lipinski definition) is 5.